The van der Waals surface area contributed by atoms with E-state index in [0.29, 0.717) is 11.1 Å². The Morgan fingerprint density at radius 3 is 2.65 bits per heavy atom. The van der Waals surface area contributed by atoms with Gasteiger partial charge in [0.25, 0.3) is 0 Å². The van der Waals surface area contributed by atoms with E-state index in [1.54, 1.807) is 37.4 Å². The normalized spacial score (nSPS) is 12.6. The van der Waals surface area contributed by atoms with Crippen LogP contribution in [0.2, 0.25) is 0 Å². The highest BCUT2D eigenvalue weighted by molar-refractivity contribution is 7.09. The van der Waals surface area contributed by atoms with E-state index >= 15 is 0 Å². The lowest BCUT2D eigenvalue weighted by molar-refractivity contribution is 0.455. The molecule has 20 heavy (non-hydrogen) atoms. The quantitative estimate of drug-likeness (QED) is 0.820. The van der Waals surface area contributed by atoms with Gasteiger partial charge in [0.05, 0.1) is 0 Å². The van der Waals surface area contributed by atoms with Crippen LogP contribution >= 0.6 is 11.3 Å². The predicted octanol–water partition coefficient (Wildman–Crippen LogP) is 4.62. The molecule has 1 N–H and O–H groups in total. The average molecular weight is 295 g/mol. The van der Waals surface area contributed by atoms with Crippen LogP contribution in [0.3, 0.4) is 0 Å². The number of nitrogens with one attached hydrogen (secondary N) is 1. The first-order valence-electron chi connectivity index (χ1n) is 6.77. The fraction of sp³-hybridized carbons (Fsp3) is 0.375. The molecule has 108 valence electrons. The van der Waals surface area contributed by atoms with Crippen molar-refractivity contribution in [2.45, 2.75) is 32.2 Å². The summed E-state index contributed by atoms with van der Waals surface area (Å²) in [5.74, 6) is -1.46. The van der Waals surface area contributed by atoms with E-state index in [2.05, 4.69) is 16.8 Å². The van der Waals surface area contributed by atoms with Gasteiger partial charge in [-0.05, 0) is 50.2 Å². The lowest BCUT2D eigenvalue weighted by Gasteiger charge is -2.18. The van der Waals surface area contributed by atoms with Crippen molar-refractivity contribution in [1.29, 1.82) is 0 Å². The summed E-state index contributed by atoms with van der Waals surface area (Å²) < 4.78 is 27.6. The molecule has 0 amide bonds. The Morgan fingerprint density at radius 2 is 2.00 bits per heavy atom. The Morgan fingerprint density at radius 1 is 1.20 bits per heavy atom. The summed E-state index contributed by atoms with van der Waals surface area (Å²) in [6.45, 7) is 1.58. The molecule has 0 fully saturated rings. The lowest BCUT2D eigenvalue weighted by atomic mass is 9.99. The van der Waals surface area contributed by atoms with Gasteiger partial charge in [-0.3, -0.25) is 0 Å². The van der Waals surface area contributed by atoms with Crippen molar-refractivity contribution < 1.29 is 8.78 Å². The molecule has 1 atom stereocenters. The standard InChI is InChI=1S/C16H19F2NS/c1-11-8-9-13(16(18)15(11)17)14(19-2)7-3-5-12-6-4-10-20-12/h4,6,8-10,14,19H,3,5,7H2,1-2H3. The van der Waals surface area contributed by atoms with Crippen LogP contribution in [0.4, 0.5) is 8.78 Å². The smallest absolute Gasteiger partial charge is 0.163 e. The second kappa shape index (κ2) is 6.95. The molecule has 4 heteroatoms. The molecular weight excluding hydrogens is 276 g/mol. The summed E-state index contributed by atoms with van der Waals surface area (Å²) in [5.41, 5.74) is 0.765. The van der Waals surface area contributed by atoms with Crippen molar-refractivity contribution in [3.05, 3.63) is 57.3 Å². The summed E-state index contributed by atoms with van der Waals surface area (Å²) in [7, 11) is 1.78. The third-order valence-electron chi connectivity index (χ3n) is 3.53. The zero-order valence-electron chi connectivity index (χ0n) is 11.7. The summed E-state index contributed by atoms with van der Waals surface area (Å²) in [5, 5.41) is 5.14. The van der Waals surface area contributed by atoms with E-state index in [0.717, 1.165) is 19.3 Å². The first-order chi connectivity index (χ1) is 9.63. The zero-order valence-corrected chi connectivity index (χ0v) is 12.6. The average Bonchev–Trinajstić information content (AvgIpc) is 2.95. The number of hydrogen-bond acceptors (Lipinski definition) is 2. The molecule has 1 nitrogen and oxygen atoms in total. The molecule has 1 aromatic carbocycles. The van der Waals surface area contributed by atoms with Gasteiger partial charge >= 0.3 is 0 Å². The van der Waals surface area contributed by atoms with Crippen molar-refractivity contribution >= 4 is 11.3 Å². The van der Waals surface area contributed by atoms with Gasteiger partial charge in [-0.2, -0.15) is 0 Å². The van der Waals surface area contributed by atoms with E-state index < -0.39 is 11.6 Å². The third kappa shape index (κ3) is 3.44. The largest absolute Gasteiger partial charge is 0.313 e. The molecule has 1 unspecified atom stereocenters. The first kappa shape index (κ1) is 15.1. The number of benzene rings is 1. The molecule has 0 saturated carbocycles. The maximum Gasteiger partial charge on any atom is 0.163 e. The maximum atomic E-state index is 14.0. The second-order valence-electron chi connectivity index (χ2n) is 4.91. The molecule has 2 rings (SSSR count). The van der Waals surface area contributed by atoms with Gasteiger partial charge in [0.2, 0.25) is 0 Å². The molecule has 2 aromatic rings. The van der Waals surface area contributed by atoms with Gasteiger partial charge in [-0.25, -0.2) is 8.78 Å². The Hall–Kier alpha value is -1.26. The number of hydrogen-bond donors (Lipinski definition) is 1. The van der Waals surface area contributed by atoms with Crippen LogP contribution in [0.25, 0.3) is 0 Å². The van der Waals surface area contributed by atoms with E-state index in [9.17, 15) is 8.78 Å². The van der Waals surface area contributed by atoms with Crippen LogP contribution in [0.15, 0.2) is 29.6 Å². The molecule has 0 bridgehead atoms. The minimum Gasteiger partial charge on any atom is -0.313 e. The monoisotopic (exact) mass is 295 g/mol. The Kier molecular flexibility index (Phi) is 5.26. The predicted molar refractivity (Wildman–Crippen MR) is 80.2 cm³/mol. The second-order valence-corrected chi connectivity index (χ2v) is 5.94. The summed E-state index contributed by atoms with van der Waals surface area (Å²) >= 11 is 1.73. The molecular formula is C16H19F2NS. The highest BCUT2D eigenvalue weighted by Gasteiger charge is 2.18. The van der Waals surface area contributed by atoms with Crippen molar-refractivity contribution in [2.24, 2.45) is 0 Å². The Balaban J connectivity index is 2.03. The van der Waals surface area contributed by atoms with E-state index in [1.165, 1.54) is 4.88 Å². The molecule has 0 aliphatic heterocycles. The molecule has 0 aliphatic carbocycles. The number of thiophene rings is 1. The third-order valence-corrected chi connectivity index (χ3v) is 4.46. The number of aryl methyl sites for hydroxylation is 2. The van der Waals surface area contributed by atoms with Crippen molar-refractivity contribution in [2.75, 3.05) is 7.05 Å². The highest BCUT2D eigenvalue weighted by atomic mass is 32.1. The van der Waals surface area contributed by atoms with E-state index in [1.807, 2.05) is 6.07 Å². The Bertz CT molecular complexity index is 552. The highest BCUT2D eigenvalue weighted by Crippen LogP contribution is 2.25. The SMILES string of the molecule is CNC(CCCc1cccs1)c1ccc(C)c(F)c1F. The van der Waals surface area contributed by atoms with Crippen LogP contribution in [-0.4, -0.2) is 7.05 Å². The van der Waals surface area contributed by atoms with Crippen molar-refractivity contribution in [3.8, 4) is 0 Å². The van der Waals surface area contributed by atoms with Crippen LogP contribution in [-0.2, 0) is 6.42 Å². The van der Waals surface area contributed by atoms with Crippen molar-refractivity contribution in [3.63, 3.8) is 0 Å². The number of halogens is 2. The first-order valence-corrected chi connectivity index (χ1v) is 7.65. The molecule has 1 heterocycles. The maximum absolute atomic E-state index is 14.0. The summed E-state index contributed by atoms with van der Waals surface area (Å²) in [6.07, 6.45) is 2.71. The molecule has 0 aliphatic rings. The van der Waals surface area contributed by atoms with Crippen LogP contribution in [0.1, 0.15) is 34.9 Å². The van der Waals surface area contributed by atoms with Gasteiger partial charge in [-0.15, -0.1) is 11.3 Å². The van der Waals surface area contributed by atoms with E-state index in [-0.39, 0.29) is 6.04 Å². The van der Waals surface area contributed by atoms with E-state index in [4.69, 9.17) is 0 Å². The van der Waals surface area contributed by atoms with Gasteiger partial charge in [-0.1, -0.05) is 18.2 Å². The van der Waals surface area contributed by atoms with Gasteiger partial charge < -0.3 is 5.32 Å². The Labute approximate surface area is 122 Å². The summed E-state index contributed by atoms with van der Waals surface area (Å²) in [4.78, 5) is 1.33. The zero-order chi connectivity index (χ0) is 14.5. The minimum absolute atomic E-state index is 0.148. The fourth-order valence-corrected chi connectivity index (χ4v) is 3.07. The van der Waals surface area contributed by atoms with Crippen LogP contribution in [0, 0.1) is 18.6 Å². The van der Waals surface area contributed by atoms with Gasteiger partial charge in [0.15, 0.2) is 11.6 Å². The number of rotatable bonds is 6. The van der Waals surface area contributed by atoms with Crippen molar-refractivity contribution in [1.82, 2.24) is 5.32 Å². The van der Waals surface area contributed by atoms with Crippen LogP contribution in [0.5, 0.6) is 0 Å². The molecule has 0 saturated heterocycles. The van der Waals surface area contributed by atoms with Crippen LogP contribution < -0.4 is 5.32 Å². The van der Waals surface area contributed by atoms with Gasteiger partial charge in [0, 0.05) is 16.5 Å². The molecule has 0 spiro atoms. The molecule has 1 aromatic heterocycles. The topological polar surface area (TPSA) is 12.0 Å². The fourth-order valence-electron chi connectivity index (χ4n) is 2.32. The summed E-state index contributed by atoms with van der Waals surface area (Å²) in [6, 6.07) is 7.30. The van der Waals surface area contributed by atoms with Gasteiger partial charge in [0.1, 0.15) is 0 Å². The lowest BCUT2D eigenvalue weighted by Crippen LogP contribution is -2.18. The molecule has 0 radical (unpaired) electrons. The minimum atomic E-state index is -0.735.